The van der Waals surface area contributed by atoms with Crippen LogP contribution < -0.4 is 0 Å². The minimum absolute atomic E-state index is 0.00144. The Kier molecular flexibility index (Phi) is 11.3. The van der Waals surface area contributed by atoms with Crippen molar-refractivity contribution in [2.75, 3.05) is 65.6 Å². The number of benzene rings is 1. The highest BCUT2D eigenvalue weighted by Gasteiger charge is 2.40. The Morgan fingerprint density at radius 1 is 0.974 bits per heavy atom. The zero-order valence-electron chi connectivity index (χ0n) is 23.4. The van der Waals surface area contributed by atoms with Crippen LogP contribution in [0.15, 0.2) is 30.3 Å². The van der Waals surface area contributed by atoms with Gasteiger partial charge in [0.1, 0.15) is 6.04 Å². The van der Waals surface area contributed by atoms with E-state index >= 15 is 0 Å². The van der Waals surface area contributed by atoms with Crippen LogP contribution in [0.4, 0.5) is 0 Å². The van der Waals surface area contributed by atoms with Crippen molar-refractivity contribution in [2.45, 2.75) is 64.1 Å². The van der Waals surface area contributed by atoms with Gasteiger partial charge in [0.05, 0.1) is 25.7 Å². The molecule has 3 unspecified atom stereocenters. The van der Waals surface area contributed by atoms with E-state index in [0.29, 0.717) is 19.1 Å². The van der Waals surface area contributed by atoms with Crippen LogP contribution in [0.2, 0.25) is 0 Å². The molecular formula is C29H44N4O6. The van der Waals surface area contributed by atoms with Crippen LogP contribution in [0.25, 0.3) is 0 Å². The summed E-state index contributed by atoms with van der Waals surface area (Å²) in [5.74, 6) is -0.763. The van der Waals surface area contributed by atoms with Gasteiger partial charge in [-0.2, -0.15) is 0 Å². The van der Waals surface area contributed by atoms with E-state index < -0.39 is 12.3 Å². The predicted molar refractivity (Wildman–Crippen MR) is 146 cm³/mol. The van der Waals surface area contributed by atoms with E-state index in [0.717, 1.165) is 64.9 Å². The molecule has 3 heterocycles. The fourth-order valence-electron chi connectivity index (χ4n) is 6.00. The smallest absolute Gasteiger partial charge is 0.323 e. The molecule has 0 spiro atoms. The van der Waals surface area contributed by atoms with Gasteiger partial charge in [0, 0.05) is 51.9 Å². The highest BCUT2D eigenvalue weighted by atomic mass is 16.5. The lowest BCUT2D eigenvalue weighted by Crippen LogP contribution is -2.55. The van der Waals surface area contributed by atoms with Gasteiger partial charge in [-0.25, -0.2) is 0 Å². The minimum Gasteiger partial charge on any atom is -0.466 e. The van der Waals surface area contributed by atoms with Crippen LogP contribution in [0.5, 0.6) is 0 Å². The first-order valence-corrected chi connectivity index (χ1v) is 14.4. The van der Waals surface area contributed by atoms with Crippen molar-refractivity contribution >= 4 is 18.2 Å². The molecule has 0 amide bonds. The first-order chi connectivity index (χ1) is 19.0. The van der Waals surface area contributed by atoms with Crippen molar-refractivity contribution in [1.82, 2.24) is 19.6 Å². The van der Waals surface area contributed by atoms with E-state index in [1.807, 2.05) is 11.0 Å². The number of esters is 2. The lowest BCUT2D eigenvalue weighted by atomic mass is 10.0. The third kappa shape index (κ3) is 8.31. The maximum absolute atomic E-state index is 12.6. The second-order valence-electron chi connectivity index (χ2n) is 10.6. The third-order valence-corrected chi connectivity index (χ3v) is 8.00. The molecule has 0 aromatic heterocycles. The molecule has 0 aliphatic carbocycles. The molecule has 1 aromatic carbocycles. The summed E-state index contributed by atoms with van der Waals surface area (Å²) in [6, 6.07) is 10.3. The molecular weight excluding hydrogens is 500 g/mol. The molecule has 3 aliphatic rings. The second-order valence-corrected chi connectivity index (χ2v) is 10.6. The van der Waals surface area contributed by atoms with Gasteiger partial charge in [-0.15, -0.1) is 0 Å². The molecule has 216 valence electrons. The predicted octanol–water partition coefficient (Wildman–Crippen LogP) is 1.38. The van der Waals surface area contributed by atoms with Crippen molar-refractivity contribution in [2.24, 2.45) is 0 Å². The summed E-state index contributed by atoms with van der Waals surface area (Å²) in [5.41, 5.74) is 1.33. The van der Waals surface area contributed by atoms with E-state index in [4.69, 9.17) is 14.2 Å². The lowest BCUT2D eigenvalue weighted by molar-refractivity contribution is -0.157. The van der Waals surface area contributed by atoms with Crippen molar-refractivity contribution in [3.8, 4) is 0 Å². The Labute approximate surface area is 232 Å². The standard InChI is InChI=1S/C29H44N4O6/c1-3-37-28(35)18-26(29(36)38-4-2)32-16-14-31(15-17-32)20-25-21-33(27(22-34)39-25)24-10-12-30(13-11-24)19-23-8-6-5-7-9-23/h5-9,22,24-27H,3-4,10-21H2,1-2H3. The average molecular weight is 545 g/mol. The Bertz CT molecular complexity index is 918. The monoisotopic (exact) mass is 544 g/mol. The third-order valence-electron chi connectivity index (χ3n) is 8.00. The molecule has 10 nitrogen and oxygen atoms in total. The Morgan fingerprint density at radius 2 is 1.67 bits per heavy atom. The summed E-state index contributed by atoms with van der Waals surface area (Å²) in [7, 11) is 0. The van der Waals surface area contributed by atoms with Crippen LogP contribution in [-0.2, 0) is 35.1 Å². The molecule has 3 fully saturated rings. The van der Waals surface area contributed by atoms with Crippen LogP contribution in [0, 0.1) is 0 Å². The molecule has 0 bridgehead atoms. The molecule has 4 rings (SSSR count). The van der Waals surface area contributed by atoms with Gasteiger partial charge in [0.15, 0.2) is 12.5 Å². The molecule has 0 radical (unpaired) electrons. The van der Waals surface area contributed by atoms with Crippen molar-refractivity contribution < 1.29 is 28.6 Å². The molecule has 1 aromatic rings. The maximum atomic E-state index is 12.6. The number of hydrogen-bond donors (Lipinski definition) is 0. The number of piperidine rings is 1. The fraction of sp³-hybridized carbons (Fsp3) is 0.690. The van der Waals surface area contributed by atoms with Crippen LogP contribution in [0.1, 0.15) is 38.7 Å². The van der Waals surface area contributed by atoms with Gasteiger partial charge in [0.25, 0.3) is 0 Å². The number of likely N-dealkylation sites (tertiary alicyclic amines) is 1. The van der Waals surface area contributed by atoms with Gasteiger partial charge in [-0.05, 0) is 45.3 Å². The van der Waals surface area contributed by atoms with Crippen molar-refractivity contribution in [3.05, 3.63) is 35.9 Å². The van der Waals surface area contributed by atoms with Crippen molar-refractivity contribution in [1.29, 1.82) is 0 Å². The minimum atomic E-state index is -0.628. The first-order valence-electron chi connectivity index (χ1n) is 14.4. The zero-order valence-corrected chi connectivity index (χ0v) is 23.4. The van der Waals surface area contributed by atoms with Crippen LogP contribution >= 0.6 is 0 Å². The fourth-order valence-corrected chi connectivity index (χ4v) is 6.00. The van der Waals surface area contributed by atoms with E-state index in [1.165, 1.54) is 5.56 Å². The summed E-state index contributed by atoms with van der Waals surface area (Å²) >= 11 is 0. The number of hydrogen-bond acceptors (Lipinski definition) is 10. The van der Waals surface area contributed by atoms with Gasteiger partial charge in [0.2, 0.25) is 0 Å². The summed E-state index contributed by atoms with van der Waals surface area (Å²) in [4.78, 5) is 45.6. The molecule has 39 heavy (non-hydrogen) atoms. The Balaban J connectivity index is 1.24. The maximum Gasteiger partial charge on any atom is 0.323 e. The number of nitrogens with zero attached hydrogens (tertiary/aromatic N) is 4. The van der Waals surface area contributed by atoms with Gasteiger partial charge in [-0.3, -0.25) is 34.0 Å². The van der Waals surface area contributed by atoms with E-state index in [2.05, 4.69) is 39.0 Å². The van der Waals surface area contributed by atoms with E-state index in [-0.39, 0.29) is 37.7 Å². The van der Waals surface area contributed by atoms with Gasteiger partial charge < -0.3 is 14.2 Å². The van der Waals surface area contributed by atoms with Crippen molar-refractivity contribution in [3.63, 3.8) is 0 Å². The van der Waals surface area contributed by atoms with E-state index in [1.54, 1.807) is 13.8 Å². The van der Waals surface area contributed by atoms with Gasteiger partial charge >= 0.3 is 11.9 Å². The largest absolute Gasteiger partial charge is 0.466 e. The van der Waals surface area contributed by atoms with Gasteiger partial charge in [-0.1, -0.05) is 30.3 Å². The molecule has 3 saturated heterocycles. The van der Waals surface area contributed by atoms with Crippen LogP contribution in [-0.4, -0.2) is 128 Å². The highest BCUT2D eigenvalue weighted by Crippen LogP contribution is 2.26. The number of carbonyl (C=O) groups is 3. The number of rotatable bonds is 12. The zero-order chi connectivity index (χ0) is 27.6. The molecule has 0 saturated carbocycles. The first kappa shape index (κ1) is 29.6. The lowest BCUT2D eigenvalue weighted by Gasteiger charge is -2.38. The topological polar surface area (TPSA) is 91.9 Å². The summed E-state index contributed by atoms with van der Waals surface area (Å²) in [6.45, 7) is 11.4. The summed E-state index contributed by atoms with van der Waals surface area (Å²) in [6.07, 6.45) is 2.48. The summed E-state index contributed by atoms with van der Waals surface area (Å²) in [5, 5.41) is 0. The SMILES string of the molecule is CCOC(=O)CC(C(=O)OCC)N1CCN(CC2CN(C3CCN(Cc4ccccc4)CC3)C(C=O)O2)CC1. The Hall–Kier alpha value is -2.37. The Morgan fingerprint density at radius 3 is 2.31 bits per heavy atom. The summed E-state index contributed by atoms with van der Waals surface area (Å²) < 4.78 is 16.5. The molecule has 3 atom stereocenters. The number of ether oxygens (including phenoxy) is 3. The number of aldehydes is 1. The number of piperazine rings is 1. The number of carbonyl (C=O) groups excluding carboxylic acids is 3. The van der Waals surface area contributed by atoms with E-state index in [9.17, 15) is 14.4 Å². The normalized spacial score (nSPS) is 24.9. The highest BCUT2D eigenvalue weighted by molar-refractivity contribution is 5.82. The quantitative estimate of drug-likeness (QED) is 0.284. The molecule has 10 heteroatoms. The molecule has 0 N–H and O–H groups in total. The molecule has 3 aliphatic heterocycles. The average Bonchev–Trinajstić information content (AvgIpc) is 3.36. The van der Waals surface area contributed by atoms with Crippen LogP contribution in [0.3, 0.4) is 0 Å². The second kappa shape index (κ2) is 14.9.